The molecule has 0 aromatic heterocycles. The first kappa shape index (κ1) is 29.4. The zero-order valence-corrected chi connectivity index (χ0v) is 24.5. The molecule has 3 aromatic rings. The molecule has 0 aliphatic rings. The van der Waals surface area contributed by atoms with Crippen LogP contribution in [0.2, 0.25) is 0 Å². The van der Waals surface area contributed by atoms with Gasteiger partial charge in [-0.2, -0.15) is 0 Å². The molecule has 2 unspecified atom stereocenters. The molecular weight excluding hydrogens is 566 g/mol. The number of amides is 2. The maximum atomic E-state index is 13.9. The molecule has 38 heavy (non-hydrogen) atoms. The van der Waals surface area contributed by atoms with Crippen molar-refractivity contribution in [1.82, 2.24) is 10.2 Å². The lowest BCUT2D eigenvalue weighted by atomic mass is 10.1. The van der Waals surface area contributed by atoms with Crippen molar-refractivity contribution in [2.24, 2.45) is 0 Å². The summed E-state index contributed by atoms with van der Waals surface area (Å²) in [5, 5.41) is 2.93. The van der Waals surface area contributed by atoms with Crippen LogP contribution in [0.3, 0.4) is 0 Å². The molecule has 3 aromatic carbocycles. The molecule has 2 amide bonds. The number of nitrogens with one attached hydrogen (secondary N) is 1. The first-order chi connectivity index (χ1) is 18.0. The summed E-state index contributed by atoms with van der Waals surface area (Å²) in [5.74, 6) is -0.782. The van der Waals surface area contributed by atoms with Gasteiger partial charge in [-0.25, -0.2) is 8.42 Å². The van der Waals surface area contributed by atoms with Gasteiger partial charge in [-0.15, -0.1) is 0 Å². The summed E-state index contributed by atoms with van der Waals surface area (Å²) < 4.78 is 29.4. The Bertz CT molecular complexity index is 1350. The Morgan fingerprint density at radius 1 is 0.947 bits per heavy atom. The zero-order chi connectivity index (χ0) is 27.9. The molecule has 202 valence electrons. The molecule has 0 aliphatic heterocycles. The predicted octanol–water partition coefficient (Wildman–Crippen LogP) is 5.28. The van der Waals surface area contributed by atoms with E-state index >= 15 is 0 Å². The smallest absolute Gasteiger partial charge is 0.264 e. The molecule has 1 N–H and O–H groups in total. The minimum absolute atomic E-state index is 0.0568. The van der Waals surface area contributed by atoms with Crippen LogP contribution in [0.5, 0.6) is 0 Å². The van der Waals surface area contributed by atoms with Crippen LogP contribution in [-0.4, -0.2) is 43.8 Å². The van der Waals surface area contributed by atoms with E-state index in [1.807, 2.05) is 51.1 Å². The van der Waals surface area contributed by atoms with Crippen LogP contribution in [0.25, 0.3) is 0 Å². The van der Waals surface area contributed by atoms with Gasteiger partial charge in [0.05, 0.1) is 10.6 Å². The number of hydrogen-bond acceptors (Lipinski definition) is 4. The van der Waals surface area contributed by atoms with Gasteiger partial charge in [-0.05, 0) is 63.1 Å². The monoisotopic (exact) mass is 599 g/mol. The normalized spacial score (nSPS) is 12.9. The average Bonchev–Trinajstić information content (AvgIpc) is 2.90. The van der Waals surface area contributed by atoms with Gasteiger partial charge in [0.1, 0.15) is 12.6 Å². The van der Waals surface area contributed by atoms with Crippen molar-refractivity contribution in [2.45, 2.75) is 57.6 Å². The van der Waals surface area contributed by atoms with Crippen molar-refractivity contribution in [3.05, 3.63) is 94.5 Å². The number of rotatable bonds is 11. The van der Waals surface area contributed by atoms with E-state index in [1.165, 1.54) is 17.0 Å². The van der Waals surface area contributed by atoms with Gasteiger partial charge in [-0.1, -0.05) is 76.9 Å². The second-order valence-corrected chi connectivity index (χ2v) is 12.1. The maximum Gasteiger partial charge on any atom is 0.264 e. The number of halogens is 1. The highest BCUT2D eigenvalue weighted by molar-refractivity contribution is 9.10. The molecule has 0 bridgehead atoms. The Balaban J connectivity index is 2.01. The molecule has 0 fully saturated rings. The van der Waals surface area contributed by atoms with Crippen LogP contribution in [0.1, 0.15) is 38.3 Å². The number of hydrogen-bond donors (Lipinski definition) is 1. The highest BCUT2D eigenvalue weighted by Crippen LogP contribution is 2.27. The standard InChI is InChI=1S/C29H34BrN3O4S/c1-5-22(3)31-29(35)23(4)32(19-24-10-7-6-8-11-24)28(34)20-33(26-13-9-12-25(30)18-26)38(36,37)27-16-14-21(2)15-17-27/h6-18,22-23H,5,19-20H2,1-4H3,(H,31,35). The van der Waals surface area contributed by atoms with Crippen LogP contribution in [0, 0.1) is 6.92 Å². The third kappa shape index (κ3) is 7.45. The highest BCUT2D eigenvalue weighted by Gasteiger charge is 2.32. The summed E-state index contributed by atoms with van der Waals surface area (Å²) >= 11 is 3.40. The highest BCUT2D eigenvalue weighted by atomic mass is 79.9. The maximum absolute atomic E-state index is 13.9. The Morgan fingerprint density at radius 2 is 1.61 bits per heavy atom. The van der Waals surface area contributed by atoms with E-state index in [0.29, 0.717) is 10.2 Å². The number of sulfonamides is 1. The van der Waals surface area contributed by atoms with Crippen molar-refractivity contribution < 1.29 is 18.0 Å². The fourth-order valence-electron chi connectivity index (χ4n) is 3.83. The Morgan fingerprint density at radius 3 is 2.21 bits per heavy atom. The van der Waals surface area contributed by atoms with E-state index in [0.717, 1.165) is 21.9 Å². The molecular formula is C29H34BrN3O4S. The topological polar surface area (TPSA) is 86.8 Å². The largest absolute Gasteiger partial charge is 0.352 e. The summed E-state index contributed by atoms with van der Waals surface area (Å²) in [7, 11) is -4.09. The molecule has 2 atom stereocenters. The Labute approximate surface area is 234 Å². The number of anilines is 1. The minimum atomic E-state index is -4.09. The fraction of sp³-hybridized carbons (Fsp3) is 0.310. The Hall–Kier alpha value is -3.17. The number of nitrogens with zero attached hydrogens (tertiary/aromatic N) is 2. The molecule has 0 spiro atoms. The van der Waals surface area contributed by atoms with Gasteiger partial charge in [0.2, 0.25) is 11.8 Å². The van der Waals surface area contributed by atoms with Crippen LogP contribution in [-0.2, 0) is 26.2 Å². The van der Waals surface area contributed by atoms with Gasteiger partial charge in [-0.3, -0.25) is 13.9 Å². The minimum Gasteiger partial charge on any atom is -0.352 e. The van der Waals surface area contributed by atoms with Gasteiger partial charge >= 0.3 is 0 Å². The van der Waals surface area contributed by atoms with Crippen LogP contribution in [0.15, 0.2) is 88.2 Å². The number of carbonyl (C=O) groups excluding carboxylic acids is 2. The summed E-state index contributed by atoms with van der Waals surface area (Å²) in [6, 6.07) is 21.8. The number of carbonyl (C=O) groups is 2. The lowest BCUT2D eigenvalue weighted by molar-refractivity contribution is -0.139. The summed E-state index contributed by atoms with van der Waals surface area (Å²) in [4.78, 5) is 28.4. The van der Waals surface area contributed by atoms with Crippen molar-refractivity contribution in [1.29, 1.82) is 0 Å². The van der Waals surface area contributed by atoms with E-state index in [1.54, 1.807) is 43.3 Å². The first-order valence-electron chi connectivity index (χ1n) is 12.5. The van der Waals surface area contributed by atoms with E-state index in [-0.39, 0.29) is 23.4 Å². The van der Waals surface area contributed by atoms with E-state index in [4.69, 9.17) is 0 Å². The second-order valence-electron chi connectivity index (χ2n) is 9.31. The van der Waals surface area contributed by atoms with Gasteiger partial charge in [0, 0.05) is 17.1 Å². The van der Waals surface area contributed by atoms with Crippen molar-refractivity contribution >= 4 is 43.5 Å². The lowest BCUT2D eigenvalue weighted by Gasteiger charge is -2.32. The lowest BCUT2D eigenvalue weighted by Crippen LogP contribution is -2.52. The van der Waals surface area contributed by atoms with Gasteiger partial charge in [0.25, 0.3) is 10.0 Å². The zero-order valence-electron chi connectivity index (χ0n) is 22.1. The first-order valence-corrected chi connectivity index (χ1v) is 14.7. The van der Waals surface area contributed by atoms with E-state index in [2.05, 4.69) is 21.2 Å². The fourth-order valence-corrected chi connectivity index (χ4v) is 5.62. The van der Waals surface area contributed by atoms with Gasteiger partial charge < -0.3 is 10.2 Å². The molecule has 9 heteroatoms. The second kappa shape index (κ2) is 13.1. The summed E-state index contributed by atoms with van der Waals surface area (Å²) in [6.07, 6.45) is 0.747. The molecule has 0 radical (unpaired) electrons. The molecule has 0 saturated carbocycles. The molecule has 7 nitrogen and oxygen atoms in total. The van der Waals surface area contributed by atoms with Gasteiger partial charge in [0.15, 0.2) is 0 Å². The van der Waals surface area contributed by atoms with E-state index < -0.39 is 28.5 Å². The molecule has 0 saturated heterocycles. The van der Waals surface area contributed by atoms with Crippen molar-refractivity contribution in [3.8, 4) is 0 Å². The molecule has 0 heterocycles. The van der Waals surface area contributed by atoms with Crippen LogP contribution < -0.4 is 9.62 Å². The van der Waals surface area contributed by atoms with Crippen molar-refractivity contribution in [2.75, 3.05) is 10.8 Å². The molecule has 3 rings (SSSR count). The average molecular weight is 601 g/mol. The van der Waals surface area contributed by atoms with E-state index in [9.17, 15) is 18.0 Å². The SMILES string of the molecule is CCC(C)NC(=O)C(C)N(Cc1ccccc1)C(=O)CN(c1cccc(Br)c1)S(=O)(=O)c1ccc(C)cc1. The Kier molecular flexibility index (Phi) is 10.1. The third-order valence-corrected chi connectivity index (χ3v) is 8.63. The van der Waals surface area contributed by atoms with Crippen molar-refractivity contribution in [3.63, 3.8) is 0 Å². The molecule has 0 aliphatic carbocycles. The van der Waals surface area contributed by atoms with Crippen LogP contribution >= 0.6 is 15.9 Å². The summed E-state index contributed by atoms with van der Waals surface area (Å²) in [5.41, 5.74) is 2.09. The number of benzene rings is 3. The predicted molar refractivity (Wildman–Crippen MR) is 154 cm³/mol. The quantitative estimate of drug-likeness (QED) is 0.324. The third-order valence-electron chi connectivity index (χ3n) is 6.35. The number of aryl methyl sites for hydroxylation is 1. The summed E-state index contributed by atoms with van der Waals surface area (Å²) in [6.45, 7) is 7.09. The van der Waals surface area contributed by atoms with Crippen LogP contribution in [0.4, 0.5) is 5.69 Å².